The Morgan fingerprint density at radius 2 is 2.07 bits per heavy atom. The van der Waals surface area contributed by atoms with Crippen molar-refractivity contribution in [2.45, 2.75) is 13.5 Å². The van der Waals surface area contributed by atoms with Gasteiger partial charge in [-0.3, -0.25) is 4.79 Å². The summed E-state index contributed by atoms with van der Waals surface area (Å²) in [6, 6.07) is 9.73. The Bertz CT molecular complexity index is 596. The highest BCUT2D eigenvalue weighted by atomic mass is 16.1. The van der Waals surface area contributed by atoms with Crippen molar-refractivity contribution in [3.05, 3.63) is 57.9 Å². The smallest absolute Gasteiger partial charge is 0.182 e. The van der Waals surface area contributed by atoms with Crippen molar-refractivity contribution in [1.29, 1.82) is 0 Å². The third kappa shape index (κ3) is 1.22. The number of nitrogens with zero attached hydrogens (tertiary/aromatic N) is 1. The summed E-state index contributed by atoms with van der Waals surface area (Å²) in [6.07, 6.45) is 1.87. The van der Waals surface area contributed by atoms with Crippen LogP contribution in [0.15, 0.2) is 41.3 Å². The maximum absolute atomic E-state index is 11.3. The second kappa shape index (κ2) is 2.83. The minimum absolute atomic E-state index is 0.0793. The molecular weight excluding hydrogens is 186 g/mol. The van der Waals surface area contributed by atoms with Crippen molar-refractivity contribution in [1.82, 2.24) is 4.57 Å². The third-order valence-corrected chi connectivity index (χ3v) is 2.89. The lowest BCUT2D eigenvalue weighted by Crippen LogP contribution is -2.02. The normalized spacial score (nSPS) is 12.3. The first-order valence-corrected chi connectivity index (χ1v) is 5.04. The summed E-state index contributed by atoms with van der Waals surface area (Å²) < 4.78 is 2.12. The van der Waals surface area contributed by atoms with Gasteiger partial charge in [-0.1, -0.05) is 17.7 Å². The minimum Gasteiger partial charge on any atom is -0.343 e. The van der Waals surface area contributed by atoms with E-state index in [9.17, 15) is 4.79 Å². The molecule has 2 heterocycles. The van der Waals surface area contributed by atoms with Crippen LogP contribution in [0.4, 0.5) is 0 Å². The van der Waals surface area contributed by atoms with Gasteiger partial charge in [-0.2, -0.15) is 0 Å². The van der Waals surface area contributed by atoms with Gasteiger partial charge in [0.1, 0.15) is 0 Å². The third-order valence-electron chi connectivity index (χ3n) is 2.89. The van der Waals surface area contributed by atoms with Crippen molar-refractivity contribution in [2.75, 3.05) is 0 Å². The number of aromatic nitrogens is 1. The summed E-state index contributed by atoms with van der Waals surface area (Å²) in [4.78, 5) is 11.3. The molecule has 0 amide bonds. The van der Waals surface area contributed by atoms with Crippen LogP contribution in [0.25, 0.3) is 11.3 Å². The summed E-state index contributed by atoms with van der Waals surface area (Å²) in [5.74, 6) is 0. The average molecular weight is 197 g/mol. The lowest BCUT2D eigenvalue weighted by Gasteiger charge is -2.01. The van der Waals surface area contributed by atoms with Crippen LogP contribution < -0.4 is 5.43 Å². The molecule has 1 aromatic carbocycles. The fraction of sp³-hybridized carbons (Fsp3) is 0.154. The molecule has 0 atom stereocenters. The molecule has 3 rings (SSSR count). The van der Waals surface area contributed by atoms with Crippen LogP contribution in [-0.4, -0.2) is 4.57 Å². The van der Waals surface area contributed by atoms with E-state index >= 15 is 0 Å². The Balaban J connectivity index is 2.33. The molecule has 0 fully saturated rings. The Hall–Kier alpha value is -1.83. The van der Waals surface area contributed by atoms with E-state index in [1.807, 2.05) is 6.20 Å². The Morgan fingerprint density at radius 3 is 2.93 bits per heavy atom. The molecule has 0 unspecified atom stereocenters. The van der Waals surface area contributed by atoms with Crippen molar-refractivity contribution in [3.8, 4) is 11.3 Å². The van der Waals surface area contributed by atoms with Gasteiger partial charge in [0.05, 0.1) is 5.69 Å². The van der Waals surface area contributed by atoms with Gasteiger partial charge >= 0.3 is 0 Å². The van der Waals surface area contributed by atoms with E-state index in [0.29, 0.717) is 0 Å². The number of benzene rings is 1. The predicted molar refractivity (Wildman–Crippen MR) is 60.0 cm³/mol. The fourth-order valence-corrected chi connectivity index (χ4v) is 2.13. The minimum atomic E-state index is 0.0793. The Kier molecular flexibility index (Phi) is 1.60. The first-order valence-electron chi connectivity index (χ1n) is 5.04. The predicted octanol–water partition coefficient (Wildman–Crippen LogP) is 2.19. The average Bonchev–Trinajstić information content (AvgIpc) is 2.56. The van der Waals surface area contributed by atoms with E-state index in [0.717, 1.165) is 12.2 Å². The summed E-state index contributed by atoms with van der Waals surface area (Å²) in [7, 11) is 0. The van der Waals surface area contributed by atoms with E-state index in [4.69, 9.17) is 0 Å². The van der Waals surface area contributed by atoms with Crippen molar-refractivity contribution in [2.24, 2.45) is 0 Å². The van der Waals surface area contributed by atoms with Crippen molar-refractivity contribution < 1.29 is 0 Å². The Morgan fingerprint density at radius 1 is 1.20 bits per heavy atom. The highest BCUT2D eigenvalue weighted by Crippen LogP contribution is 2.30. The van der Waals surface area contributed by atoms with E-state index in [2.05, 4.69) is 29.7 Å². The highest BCUT2D eigenvalue weighted by molar-refractivity contribution is 5.68. The molecule has 2 heteroatoms. The highest BCUT2D eigenvalue weighted by Gasteiger charge is 2.16. The number of hydrogen-bond donors (Lipinski definition) is 0. The zero-order chi connectivity index (χ0) is 10.4. The van der Waals surface area contributed by atoms with E-state index in [-0.39, 0.29) is 5.43 Å². The number of rotatable bonds is 0. The monoisotopic (exact) mass is 197 g/mol. The molecule has 0 saturated carbocycles. The summed E-state index contributed by atoms with van der Waals surface area (Å²) in [5, 5.41) is 0. The van der Waals surface area contributed by atoms with Gasteiger partial charge in [0, 0.05) is 30.4 Å². The van der Waals surface area contributed by atoms with Crippen LogP contribution in [0.1, 0.15) is 11.1 Å². The van der Waals surface area contributed by atoms with E-state index in [1.165, 1.54) is 16.7 Å². The van der Waals surface area contributed by atoms with Crippen LogP contribution in [0.5, 0.6) is 0 Å². The molecule has 1 aromatic heterocycles. The van der Waals surface area contributed by atoms with Gasteiger partial charge in [0.25, 0.3) is 0 Å². The zero-order valence-electron chi connectivity index (χ0n) is 8.53. The van der Waals surface area contributed by atoms with Gasteiger partial charge < -0.3 is 4.57 Å². The molecule has 0 spiro atoms. The molecule has 0 aliphatic carbocycles. The SMILES string of the molecule is Cc1ccc2c(c1)-c1cc(=O)ccn1C2. The largest absolute Gasteiger partial charge is 0.343 e. The van der Waals surface area contributed by atoms with Gasteiger partial charge in [-0.05, 0) is 18.6 Å². The van der Waals surface area contributed by atoms with Gasteiger partial charge in [0.15, 0.2) is 5.43 Å². The standard InChI is InChI=1S/C13H11NO/c1-9-2-3-10-8-14-5-4-11(15)7-13(14)12(10)6-9/h2-7H,8H2,1H3. The molecule has 1 aliphatic rings. The molecule has 0 saturated heterocycles. The van der Waals surface area contributed by atoms with Crippen LogP contribution >= 0.6 is 0 Å². The van der Waals surface area contributed by atoms with Crippen LogP contribution in [0.2, 0.25) is 0 Å². The number of hydrogen-bond acceptors (Lipinski definition) is 1. The summed E-state index contributed by atoms with van der Waals surface area (Å²) in [5.41, 5.74) is 4.86. The lowest BCUT2D eigenvalue weighted by atomic mass is 10.0. The van der Waals surface area contributed by atoms with Crippen LogP contribution in [-0.2, 0) is 6.54 Å². The van der Waals surface area contributed by atoms with Gasteiger partial charge in [-0.15, -0.1) is 0 Å². The van der Waals surface area contributed by atoms with Crippen LogP contribution in [0.3, 0.4) is 0 Å². The first-order chi connectivity index (χ1) is 7.24. The molecular formula is C13H11NO. The van der Waals surface area contributed by atoms with Gasteiger partial charge in [-0.25, -0.2) is 0 Å². The number of fused-ring (bicyclic) bond motifs is 3. The fourth-order valence-electron chi connectivity index (χ4n) is 2.13. The topological polar surface area (TPSA) is 22.0 Å². The molecule has 0 N–H and O–H groups in total. The molecule has 74 valence electrons. The quantitative estimate of drug-likeness (QED) is 0.541. The van der Waals surface area contributed by atoms with Crippen molar-refractivity contribution in [3.63, 3.8) is 0 Å². The Labute approximate surface area is 87.8 Å². The van der Waals surface area contributed by atoms with Gasteiger partial charge in [0.2, 0.25) is 0 Å². The van der Waals surface area contributed by atoms with Crippen LogP contribution in [0, 0.1) is 6.92 Å². The second-order valence-electron chi connectivity index (χ2n) is 4.04. The zero-order valence-corrected chi connectivity index (χ0v) is 8.53. The van der Waals surface area contributed by atoms with E-state index in [1.54, 1.807) is 12.1 Å². The second-order valence-corrected chi connectivity index (χ2v) is 4.04. The molecule has 15 heavy (non-hydrogen) atoms. The molecule has 0 radical (unpaired) electrons. The molecule has 2 nitrogen and oxygen atoms in total. The maximum Gasteiger partial charge on any atom is 0.182 e. The maximum atomic E-state index is 11.3. The number of pyridine rings is 1. The summed E-state index contributed by atoms with van der Waals surface area (Å²) in [6.45, 7) is 2.95. The molecule has 0 bridgehead atoms. The summed E-state index contributed by atoms with van der Waals surface area (Å²) >= 11 is 0. The van der Waals surface area contributed by atoms with E-state index < -0.39 is 0 Å². The molecule has 1 aliphatic heterocycles. The first kappa shape index (κ1) is 8.48. The lowest BCUT2D eigenvalue weighted by molar-refractivity contribution is 0.836. The molecule has 2 aromatic rings. The van der Waals surface area contributed by atoms with Crippen molar-refractivity contribution >= 4 is 0 Å². The number of aryl methyl sites for hydroxylation is 1.